The van der Waals surface area contributed by atoms with Crippen molar-refractivity contribution < 1.29 is 19.5 Å². The maximum absolute atomic E-state index is 12.1. The van der Waals surface area contributed by atoms with Crippen molar-refractivity contribution in [3.8, 4) is 0 Å². The lowest BCUT2D eigenvalue weighted by Crippen LogP contribution is -2.41. The summed E-state index contributed by atoms with van der Waals surface area (Å²) in [5, 5.41) is 18.2. The van der Waals surface area contributed by atoms with E-state index in [0.29, 0.717) is 18.1 Å². The van der Waals surface area contributed by atoms with Crippen molar-refractivity contribution in [3.05, 3.63) is 0 Å². The Kier molecular flexibility index (Phi) is 7.20. The maximum Gasteiger partial charge on any atom is 0.326 e. The zero-order chi connectivity index (χ0) is 19.3. The minimum atomic E-state index is -0.972. The van der Waals surface area contributed by atoms with Gasteiger partial charge in [0.1, 0.15) is 6.04 Å². The van der Waals surface area contributed by atoms with Crippen molar-refractivity contribution in [2.24, 2.45) is 5.41 Å². The van der Waals surface area contributed by atoms with Gasteiger partial charge in [-0.2, -0.15) is 11.8 Å². The molecular weight excluding hydrogens is 354 g/mol. The molecule has 0 saturated carbocycles. The van der Waals surface area contributed by atoms with Crippen LogP contribution >= 0.6 is 11.8 Å². The molecule has 2 saturated heterocycles. The van der Waals surface area contributed by atoms with Crippen LogP contribution in [0.15, 0.2) is 0 Å². The van der Waals surface area contributed by atoms with E-state index in [2.05, 4.69) is 36.7 Å². The number of thioether (sulfide) groups is 1. The molecule has 1 unspecified atom stereocenters. The molecule has 0 aliphatic carbocycles. The lowest BCUT2D eigenvalue weighted by atomic mass is 9.88. The maximum atomic E-state index is 12.1. The number of aliphatic carboxylic acids is 1. The van der Waals surface area contributed by atoms with Gasteiger partial charge in [0.2, 0.25) is 5.91 Å². The average Bonchev–Trinajstić information content (AvgIpc) is 3.06. The largest absolute Gasteiger partial charge is 0.480 e. The lowest BCUT2D eigenvalue weighted by molar-refractivity contribution is -0.142. The van der Waals surface area contributed by atoms with Gasteiger partial charge in [0.25, 0.3) is 0 Å². The molecule has 2 heterocycles. The summed E-state index contributed by atoms with van der Waals surface area (Å²) in [6, 6.07) is -0.484. The monoisotopic (exact) mass is 385 g/mol. The van der Waals surface area contributed by atoms with E-state index in [0.717, 1.165) is 31.4 Å². The summed E-state index contributed by atoms with van der Waals surface area (Å²) in [6.07, 6.45) is 4.10. The van der Waals surface area contributed by atoms with E-state index in [1.165, 1.54) is 0 Å². The lowest BCUT2D eigenvalue weighted by Gasteiger charge is -2.21. The highest BCUT2D eigenvalue weighted by Gasteiger charge is 2.42. The van der Waals surface area contributed by atoms with Crippen molar-refractivity contribution in [1.82, 2.24) is 16.0 Å². The smallest absolute Gasteiger partial charge is 0.326 e. The number of carbonyl (C=O) groups excluding carboxylic acids is 2. The van der Waals surface area contributed by atoms with Crippen LogP contribution in [-0.2, 0) is 9.59 Å². The van der Waals surface area contributed by atoms with Crippen LogP contribution in [0.25, 0.3) is 0 Å². The molecule has 0 spiro atoms. The van der Waals surface area contributed by atoms with Crippen LogP contribution in [0.3, 0.4) is 0 Å². The molecule has 0 aromatic rings. The van der Waals surface area contributed by atoms with Crippen LogP contribution in [-0.4, -0.2) is 52.1 Å². The van der Waals surface area contributed by atoms with Gasteiger partial charge in [-0.25, -0.2) is 9.59 Å². The summed E-state index contributed by atoms with van der Waals surface area (Å²) in [5.74, 6) is -0.234. The molecule has 8 heteroatoms. The van der Waals surface area contributed by atoms with E-state index in [9.17, 15) is 19.5 Å². The van der Waals surface area contributed by atoms with Gasteiger partial charge < -0.3 is 21.1 Å². The van der Waals surface area contributed by atoms with Crippen molar-refractivity contribution in [1.29, 1.82) is 0 Å². The number of nitrogens with one attached hydrogen (secondary N) is 3. The Morgan fingerprint density at radius 1 is 1.31 bits per heavy atom. The minimum absolute atomic E-state index is 0.0414. The van der Waals surface area contributed by atoms with E-state index >= 15 is 0 Å². The van der Waals surface area contributed by atoms with E-state index in [-0.39, 0.29) is 29.4 Å². The second-order valence-corrected chi connectivity index (χ2v) is 9.70. The van der Waals surface area contributed by atoms with Gasteiger partial charge in [-0.15, -0.1) is 0 Å². The number of fused-ring (bicyclic) bond motifs is 1. The molecule has 0 aromatic heterocycles. The summed E-state index contributed by atoms with van der Waals surface area (Å²) >= 11 is 1.86. The first-order chi connectivity index (χ1) is 12.2. The molecule has 7 nitrogen and oxygen atoms in total. The molecule has 3 amide bonds. The zero-order valence-corrected chi connectivity index (χ0v) is 16.7. The SMILES string of the molecule is CC(C)(C)CCC(NC(=O)CCCC[C@@H]1SC[C@@H]2NC(=O)N[C@@H]21)C(=O)O. The number of carboxylic acids is 1. The van der Waals surface area contributed by atoms with Crippen LogP contribution in [0.4, 0.5) is 4.79 Å². The van der Waals surface area contributed by atoms with E-state index < -0.39 is 12.0 Å². The van der Waals surface area contributed by atoms with Gasteiger partial charge in [-0.05, 0) is 31.1 Å². The van der Waals surface area contributed by atoms with Crippen LogP contribution in [0.1, 0.15) is 59.3 Å². The highest BCUT2D eigenvalue weighted by molar-refractivity contribution is 8.00. The molecule has 2 aliphatic heterocycles. The molecule has 4 atom stereocenters. The number of carboxylic acid groups (broad SMARTS) is 1. The number of urea groups is 1. The first-order valence-electron chi connectivity index (χ1n) is 9.36. The van der Waals surface area contributed by atoms with Crippen molar-refractivity contribution in [3.63, 3.8) is 0 Å². The summed E-state index contributed by atoms with van der Waals surface area (Å²) < 4.78 is 0. The Morgan fingerprint density at radius 3 is 2.69 bits per heavy atom. The van der Waals surface area contributed by atoms with Gasteiger partial charge in [0.15, 0.2) is 0 Å². The average molecular weight is 386 g/mol. The summed E-state index contributed by atoms with van der Waals surface area (Å²) in [4.78, 5) is 34.7. The van der Waals surface area contributed by atoms with E-state index in [1.807, 2.05) is 11.8 Å². The first kappa shape index (κ1) is 20.9. The molecule has 2 fully saturated rings. The standard InChI is InChI=1S/C18H31N3O4S/c1-18(2,3)9-8-11(16(23)24)19-14(22)7-5-4-6-13-15-12(10-26-13)20-17(25)21-15/h11-13,15H,4-10H2,1-3H3,(H,19,22)(H,23,24)(H2,20,21,25)/t11?,12-,13-,15-/m0/s1. The Bertz CT molecular complexity index is 535. The normalized spacial score (nSPS) is 26.0. The number of rotatable bonds is 9. The third kappa shape index (κ3) is 6.37. The number of hydrogen-bond donors (Lipinski definition) is 4. The Balaban J connectivity index is 1.64. The number of hydrogen-bond acceptors (Lipinski definition) is 4. The second kappa shape index (κ2) is 8.97. The number of carbonyl (C=O) groups is 3. The molecule has 148 valence electrons. The predicted molar refractivity (Wildman–Crippen MR) is 102 cm³/mol. The third-order valence-electron chi connectivity index (χ3n) is 4.90. The fraction of sp³-hybridized carbons (Fsp3) is 0.833. The van der Waals surface area contributed by atoms with Crippen molar-refractivity contribution >= 4 is 29.7 Å². The van der Waals surface area contributed by atoms with Gasteiger partial charge in [0, 0.05) is 17.4 Å². The molecule has 0 bridgehead atoms. The van der Waals surface area contributed by atoms with Crippen LogP contribution in [0.5, 0.6) is 0 Å². The highest BCUT2D eigenvalue weighted by atomic mass is 32.2. The molecule has 0 aromatic carbocycles. The molecule has 2 rings (SSSR count). The van der Waals surface area contributed by atoms with Crippen LogP contribution < -0.4 is 16.0 Å². The summed E-state index contributed by atoms with van der Waals surface area (Å²) in [6.45, 7) is 6.17. The first-order valence-corrected chi connectivity index (χ1v) is 10.4. The number of amides is 3. The molecule has 26 heavy (non-hydrogen) atoms. The topological polar surface area (TPSA) is 108 Å². The zero-order valence-electron chi connectivity index (χ0n) is 15.8. The fourth-order valence-electron chi connectivity index (χ4n) is 3.38. The Labute approximate surface area is 159 Å². The quantitative estimate of drug-likeness (QED) is 0.359. The number of unbranched alkanes of at least 4 members (excludes halogenated alkanes) is 1. The molecule has 2 aliphatic rings. The summed E-state index contributed by atoms with van der Waals surface area (Å²) in [7, 11) is 0. The molecule has 0 radical (unpaired) electrons. The van der Waals surface area contributed by atoms with Gasteiger partial charge in [0.05, 0.1) is 12.1 Å². The minimum Gasteiger partial charge on any atom is -0.480 e. The predicted octanol–water partition coefficient (Wildman–Crippen LogP) is 2.11. The van der Waals surface area contributed by atoms with Gasteiger partial charge in [-0.3, -0.25) is 4.79 Å². The Morgan fingerprint density at radius 2 is 2.04 bits per heavy atom. The fourth-order valence-corrected chi connectivity index (χ4v) is 4.92. The van der Waals surface area contributed by atoms with Gasteiger partial charge in [-0.1, -0.05) is 27.2 Å². The highest BCUT2D eigenvalue weighted by Crippen LogP contribution is 2.33. The van der Waals surface area contributed by atoms with Crippen LogP contribution in [0.2, 0.25) is 0 Å². The molecule has 4 N–H and O–H groups in total. The second-order valence-electron chi connectivity index (χ2n) is 8.43. The van der Waals surface area contributed by atoms with Crippen molar-refractivity contribution in [2.45, 2.75) is 82.7 Å². The molecular formula is C18H31N3O4S. The Hall–Kier alpha value is -1.44. The van der Waals surface area contributed by atoms with Gasteiger partial charge >= 0.3 is 12.0 Å². The van der Waals surface area contributed by atoms with Crippen molar-refractivity contribution in [2.75, 3.05) is 5.75 Å². The van der Waals surface area contributed by atoms with E-state index in [1.54, 1.807) is 0 Å². The third-order valence-corrected chi connectivity index (χ3v) is 6.41. The summed E-state index contributed by atoms with van der Waals surface area (Å²) in [5.41, 5.74) is 0.0414. The van der Waals surface area contributed by atoms with E-state index in [4.69, 9.17) is 0 Å². The van der Waals surface area contributed by atoms with Crippen LogP contribution in [0, 0.1) is 5.41 Å².